The molecule has 0 radical (unpaired) electrons. The Morgan fingerprint density at radius 2 is 1.62 bits per heavy atom. The molecule has 0 bridgehead atoms. The molecular formula is C17H23N3S. The number of nitrogens with one attached hydrogen (secondary N) is 1. The first-order valence-corrected chi connectivity index (χ1v) is 8.31. The van der Waals surface area contributed by atoms with Crippen LogP contribution in [0, 0.1) is 0 Å². The minimum absolute atomic E-state index is 0.820. The largest absolute Gasteiger partial charge is 0.399 e. The summed E-state index contributed by atoms with van der Waals surface area (Å²) >= 11 is 1.61. The van der Waals surface area contributed by atoms with Crippen molar-refractivity contribution in [2.24, 2.45) is 0 Å². The molecule has 0 aromatic heterocycles. The van der Waals surface area contributed by atoms with Crippen molar-refractivity contribution >= 4 is 23.3 Å². The highest BCUT2D eigenvalue weighted by molar-refractivity contribution is 7.99. The normalized spacial score (nSPS) is 10.8. The van der Waals surface area contributed by atoms with Gasteiger partial charge in [0, 0.05) is 30.7 Å². The Balaban J connectivity index is 1.80. The molecule has 0 amide bonds. The van der Waals surface area contributed by atoms with E-state index in [1.54, 1.807) is 11.9 Å². The lowest BCUT2D eigenvalue weighted by Gasteiger charge is -2.17. The van der Waals surface area contributed by atoms with E-state index in [-0.39, 0.29) is 0 Å². The molecule has 0 spiro atoms. The van der Waals surface area contributed by atoms with E-state index in [4.69, 9.17) is 5.73 Å². The van der Waals surface area contributed by atoms with E-state index in [1.807, 2.05) is 18.4 Å². The quantitative estimate of drug-likeness (QED) is 0.605. The van der Waals surface area contributed by atoms with E-state index in [9.17, 15) is 0 Å². The minimum atomic E-state index is 0.820. The van der Waals surface area contributed by atoms with Gasteiger partial charge in [0.05, 0.1) is 0 Å². The summed E-state index contributed by atoms with van der Waals surface area (Å²) in [7, 11) is 2.15. The predicted molar refractivity (Wildman–Crippen MR) is 94.5 cm³/mol. The zero-order chi connectivity index (χ0) is 15.1. The SMILES string of the molecule is CSNc1ccc(CCN(C)Cc2ccc(N)cc2)cc1. The second kappa shape index (κ2) is 7.96. The second-order valence-electron chi connectivity index (χ2n) is 5.23. The van der Waals surface area contributed by atoms with Crippen LogP contribution in [-0.4, -0.2) is 24.7 Å². The topological polar surface area (TPSA) is 41.3 Å². The van der Waals surface area contributed by atoms with Gasteiger partial charge in [-0.15, -0.1) is 0 Å². The summed E-state index contributed by atoms with van der Waals surface area (Å²) in [5, 5.41) is 0. The standard InChI is InChI=1S/C17H23N3S/c1-20(13-15-3-7-16(18)8-4-15)12-11-14-5-9-17(10-6-14)19-21-2/h3-10,19H,11-13,18H2,1-2H3. The minimum Gasteiger partial charge on any atom is -0.399 e. The fraction of sp³-hybridized carbons (Fsp3) is 0.294. The van der Waals surface area contributed by atoms with Gasteiger partial charge in [0.1, 0.15) is 0 Å². The number of rotatable bonds is 7. The highest BCUT2D eigenvalue weighted by Crippen LogP contribution is 2.13. The van der Waals surface area contributed by atoms with Crippen LogP contribution >= 0.6 is 11.9 Å². The number of anilines is 2. The highest BCUT2D eigenvalue weighted by Gasteiger charge is 2.01. The molecule has 4 heteroatoms. The summed E-state index contributed by atoms with van der Waals surface area (Å²) in [6, 6.07) is 16.7. The van der Waals surface area contributed by atoms with Crippen LogP contribution in [0.25, 0.3) is 0 Å². The van der Waals surface area contributed by atoms with E-state index >= 15 is 0 Å². The average Bonchev–Trinajstić information content (AvgIpc) is 2.49. The Morgan fingerprint density at radius 1 is 1.00 bits per heavy atom. The van der Waals surface area contributed by atoms with Crippen LogP contribution in [0.1, 0.15) is 11.1 Å². The summed E-state index contributed by atoms with van der Waals surface area (Å²) in [6.07, 6.45) is 3.09. The van der Waals surface area contributed by atoms with Crippen molar-refractivity contribution in [3.8, 4) is 0 Å². The van der Waals surface area contributed by atoms with Crippen molar-refractivity contribution in [2.75, 3.05) is 30.3 Å². The fourth-order valence-corrected chi connectivity index (χ4v) is 2.56. The van der Waals surface area contributed by atoms with Crippen LogP contribution in [0.5, 0.6) is 0 Å². The van der Waals surface area contributed by atoms with Gasteiger partial charge < -0.3 is 15.4 Å². The summed E-state index contributed by atoms with van der Waals surface area (Å²) in [4.78, 5) is 2.33. The Labute approximate surface area is 131 Å². The Morgan fingerprint density at radius 3 is 2.24 bits per heavy atom. The maximum Gasteiger partial charge on any atom is 0.0440 e. The van der Waals surface area contributed by atoms with Crippen molar-refractivity contribution < 1.29 is 0 Å². The number of hydrogen-bond acceptors (Lipinski definition) is 4. The van der Waals surface area contributed by atoms with Crippen LogP contribution in [0.15, 0.2) is 48.5 Å². The third-order valence-corrected chi connectivity index (χ3v) is 3.83. The summed E-state index contributed by atoms with van der Waals surface area (Å²) in [6.45, 7) is 1.99. The number of benzene rings is 2. The lowest BCUT2D eigenvalue weighted by Crippen LogP contribution is -2.20. The monoisotopic (exact) mass is 301 g/mol. The molecule has 2 aromatic carbocycles. The summed E-state index contributed by atoms with van der Waals surface area (Å²) in [5.41, 5.74) is 10.3. The van der Waals surface area contributed by atoms with E-state index in [2.05, 4.69) is 53.1 Å². The molecule has 2 aromatic rings. The molecule has 0 unspecified atom stereocenters. The van der Waals surface area contributed by atoms with Crippen LogP contribution < -0.4 is 10.5 Å². The lowest BCUT2D eigenvalue weighted by atomic mass is 10.1. The van der Waals surface area contributed by atoms with Crippen molar-refractivity contribution in [3.63, 3.8) is 0 Å². The van der Waals surface area contributed by atoms with Crippen LogP contribution in [0.3, 0.4) is 0 Å². The molecule has 0 aliphatic carbocycles. The highest BCUT2D eigenvalue weighted by atomic mass is 32.2. The maximum absolute atomic E-state index is 5.71. The Bertz CT molecular complexity index is 537. The van der Waals surface area contributed by atoms with Gasteiger partial charge in [-0.1, -0.05) is 36.2 Å². The van der Waals surface area contributed by atoms with E-state index in [0.29, 0.717) is 0 Å². The van der Waals surface area contributed by atoms with Gasteiger partial charge in [-0.25, -0.2) is 0 Å². The zero-order valence-corrected chi connectivity index (χ0v) is 13.5. The number of nitrogens with two attached hydrogens (primary N) is 1. The van der Waals surface area contributed by atoms with Crippen molar-refractivity contribution in [1.82, 2.24) is 4.90 Å². The van der Waals surface area contributed by atoms with Gasteiger partial charge >= 0.3 is 0 Å². The molecule has 0 fully saturated rings. The number of nitrogen functional groups attached to an aromatic ring is 1. The van der Waals surface area contributed by atoms with Crippen molar-refractivity contribution in [1.29, 1.82) is 0 Å². The molecular weight excluding hydrogens is 278 g/mol. The maximum atomic E-state index is 5.71. The molecule has 2 rings (SSSR count). The molecule has 21 heavy (non-hydrogen) atoms. The van der Waals surface area contributed by atoms with Crippen molar-refractivity contribution in [2.45, 2.75) is 13.0 Å². The van der Waals surface area contributed by atoms with E-state index in [1.165, 1.54) is 11.1 Å². The third-order valence-electron chi connectivity index (χ3n) is 3.39. The second-order valence-corrected chi connectivity index (χ2v) is 5.84. The molecule has 112 valence electrons. The average molecular weight is 301 g/mol. The number of hydrogen-bond donors (Lipinski definition) is 2. The predicted octanol–water partition coefficient (Wildman–Crippen LogP) is 3.63. The molecule has 0 saturated heterocycles. The van der Waals surface area contributed by atoms with Gasteiger partial charge in [0.15, 0.2) is 0 Å². The first-order chi connectivity index (χ1) is 10.2. The van der Waals surface area contributed by atoms with Gasteiger partial charge in [0.25, 0.3) is 0 Å². The molecule has 0 aliphatic heterocycles. The molecule has 0 heterocycles. The van der Waals surface area contributed by atoms with Gasteiger partial charge in [-0.05, 0) is 48.9 Å². The van der Waals surface area contributed by atoms with Crippen LogP contribution in [0.4, 0.5) is 11.4 Å². The van der Waals surface area contributed by atoms with E-state index < -0.39 is 0 Å². The van der Waals surface area contributed by atoms with E-state index in [0.717, 1.165) is 30.9 Å². The van der Waals surface area contributed by atoms with Gasteiger partial charge in [-0.3, -0.25) is 0 Å². The Kier molecular flexibility index (Phi) is 5.96. The van der Waals surface area contributed by atoms with Crippen molar-refractivity contribution in [3.05, 3.63) is 59.7 Å². The first-order valence-electron chi connectivity index (χ1n) is 7.08. The molecule has 3 N–H and O–H groups in total. The zero-order valence-electron chi connectivity index (χ0n) is 12.7. The summed E-state index contributed by atoms with van der Waals surface area (Å²) in [5.74, 6) is 0. The lowest BCUT2D eigenvalue weighted by molar-refractivity contribution is 0.331. The van der Waals surface area contributed by atoms with Crippen LogP contribution in [-0.2, 0) is 13.0 Å². The Hall–Kier alpha value is -1.65. The molecule has 0 aliphatic rings. The third kappa shape index (κ3) is 5.33. The fourth-order valence-electron chi connectivity index (χ4n) is 2.19. The summed E-state index contributed by atoms with van der Waals surface area (Å²) < 4.78 is 3.23. The van der Waals surface area contributed by atoms with Gasteiger partial charge in [0.2, 0.25) is 0 Å². The molecule has 3 nitrogen and oxygen atoms in total. The number of nitrogens with zero attached hydrogens (tertiary/aromatic N) is 1. The van der Waals surface area contributed by atoms with Crippen LogP contribution in [0.2, 0.25) is 0 Å². The smallest absolute Gasteiger partial charge is 0.0440 e. The first kappa shape index (κ1) is 15.7. The molecule has 0 atom stereocenters. The molecule has 0 saturated carbocycles. The number of likely N-dealkylation sites (N-methyl/N-ethyl adjacent to an activating group) is 1. The van der Waals surface area contributed by atoms with Gasteiger partial charge in [-0.2, -0.15) is 0 Å².